The van der Waals surface area contributed by atoms with Crippen molar-refractivity contribution in [2.75, 3.05) is 28.4 Å². The Balaban J connectivity index is 2.40. The van der Waals surface area contributed by atoms with Crippen LogP contribution in [0, 0.1) is 6.92 Å². The molecule has 0 saturated carbocycles. The number of hydrogen-bond acceptors (Lipinski definition) is 5. The second-order valence-corrected chi connectivity index (χ2v) is 8.98. The lowest BCUT2D eigenvalue weighted by molar-refractivity contribution is 0.354. The highest BCUT2D eigenvalue weighted by Crippen LogP contribution is 2.33. The summed E-state index contributed by atoms with van der Waals surface area (Å²) in [6.45, 7) is 6.02. The molecule has 0 spiro atoms. The molecule has 0 N–H and O–H groups in total. The van der Waals surface area contributed by atoms with Crippen LogP contribution in [0.25, 0.3) is 0 Å². The van der Waals surface area contributed by atoms with Gasteiger partial charge in [-0.2, -0.15) is 4.31 Å². The van der Waals surface area contributed by atoms with Gasteiger partial charge in [0.05, 0.1) is 26.2 Å². The van der Waals surface area contributed by atoms with Gasteiger partial charge in [-0.25, -0.2) is 8.42 Å². The fraction of sp³-hybridized carbons (Fsp3) is 0.429. The molecule has 0 atom stereocenters. The largest absolute Gasteiger partial charge is 0.496 e. The Morgan fingerprint density at radius 2 is 1.54 bits per heavy atom. The van der Waals surface area contributed by atoms with Crippen molar-refractivity contribution in [2.24, 2.45) is 0 Å². The quantitative estimate of drug-likeness (QED) is 0.663. The SMILES string of the molecule is COc1ccc(CN(C)S(=O)(=O)c2cc(C(C)C)c(OC)cc2C)cc1OC. The van der Waals surface area contributed by atoms with E-state index in [-0.39, 0.29) is 12.5 Å². The fourth-order valence-corrected chi connectivity index (χ4v) is 4.47. The molecule has 0 aliphatic rings. The number of nitrogens with zero attached hydrogens (tertiary/aromatic N) is 1. The highest BCUT2D eigenvalue weighted by molar-refractivity contribution is 7.89. The molecule has 0 radical (unpaired) electrons. The van der Waals surface area contributed by atoms with Crippen molar-refractivity contribution in [2.45, 2.75) is 38.1 Å². The molecule has 0 fully saturated rings. The number of ether oxygens (including phenoxy) is 3. The van der Waals surface area contributed by atoms with Gasteiger partial charge in [0, 0.05) is 13.6 Å². The third-order valence-electron chi connectivity index (χ3n) is 4.69. The normalized spacial score (nSPS) is 11.8. The summed E-state index contributed by atoms with van der Waals surface area (Å²) in [7, 11) is 2.61. The van der Waals surface area contributed by atoms with Crippen LogP contribution in [0.2, 0.25) is 0 Å². The van der Waals surface area contributed by atoms with Crippen molar-refractivity contribution in [1.82, 2.24) is 4.31 Å². The van der Waals surface area contributed by atoms with E-state index in [4.69, 9.17) is 14.2 Å². The van der Waals surface area contributed by atoms with Crippen LogP contribution >= 0.6 is 0 Å². The summed E-state index contributed by atoms with van der Waals surface area (Å²) >= 11 is 0. The first-order chi connectivity index (χ1) is 13.1. The highest BCUT2D eigenvalue weighted by atomic mass is 32.2. The van der Waals surface area contributed by atoms with Gasteiger partial charge in [0.15, 0.2) is 11.5 Å². The summed E-state index contributed by atoms with van der Waals surface area (Å²) in [5, 5.41) is 0. The lowest BCUT2D eigenvalue weighted by atomic mass is 10.0. The van der Waals surface area contributed by atoms with Crippen LogP contribution in [-0.4, -0.2) is 41.1 Å². The van der Waals surface area contributed by atoms with Crippen LogP contribution in [0.15, 0.2) is 35.2 Å². The van der Waals surface area contributed by atoms with Crippen molar-refractivity contribution in [3.63, 3.8) is 0 Å². The van der Waals surface area contributed by atoms with Crippen molar-refractivity contribution >= 4 is 10.0 Å². The molecule has 2 aromatic rings. The molecular weight excluding hydrogens is 378 g/mol. The predicted octanol–water partition coefficient (Wildman–Crippen LogP) is 3.96. The summed E-state index contributed by atoms with van der Waals surface area (Å²) in [6.07, 6.45) is 0. The average Bonchev–Trinajstić information content (AvgIpc) is 2.66. The van der Waals surface area contributed by atoms with Gasteiger partial charge in [0.25, 0.3) is 0 Å². The Hall–Kier alpha value is -2.25. The zero-order valence-electron chi connectivity index (χ0n) is 17.6. The summed E-state index contributed by atoms with van der Waals surface area (Å²) < 4.78 is 43.8. The van der Waals surface area contributed by atoms with Crippen LogP contribution in [0.1, 0.15) is 36.5 Å². The van der Waals surface area contributed by atoms with Crippen LogP contribution in [0.4, 0.5) is 0 Å². The topological polar surface area (TPSA) is 65.1 Å². The molecular formula is C21H29NO5S. The standard InChI is InChI=1S/C21H29NO5S/c1-14(2)17-12-21(15(3)10-19(17)26-6)28(23,24)22(4)13-16-8-9-18(25-5)20(11-16)27-7/h8-12,14H,13H2,1-7H3. The third kappa shape index (κ3) is 4.42. The number of rotatable bonds is 8. The van der Waals surface area contributed by atoms with Crippen molar-refractivity contribution < 1.29 is 22.6 Å². The molecule has 2 rings (SSSR count). The smallest absolute Gasteiger partial charge is 0.243 e. The van der Waals surface area contributed by atoms with Gasteiger partial charge in [-0.05, 0) is 53.8 Å². The summed E-state index contributed by atoms with van der Waals surface area (Å²) in [5.41, 5.74) is 2.32. The Morgan fingerprint density at radius 1 is 0.929 bits per heavy atom. The molecule has 28 heavy (non-hydrogen) atoms. The third-order valence-corrected chi connectivity index (χ3v) is 6.64. The maximum absolute atomic E-state index is 13.2. The van der Waals surface area contributed by atoms with Gasteiger partial charge < -0.3 is 14.2 Å². The second kappa shape index (κ2) is 8.84. The maximum Gasteiger partial charge on any atom is 0.243 e. The van der Waals surface area contributed by atoms with E-state index in [9.17, 15) is 8.42 Å². The molecule has 7 heteroatoms. The lowest BCUT2D eigenvalue weighted by Crippen LogP contribution is -2.27. The van der Waals surface area contributed by atoms with Gasteiger partial charge in [-0.1, -0.05) is 19.9 Å². The van der Waals surface area contributed by atoms with Crippen LogP contribution < -0.4 is 14.2 Å². The molecule has 6 nitrogen and oxygen atoms in total. The van der Waals surface area contributed by atoms with Gasteiger partial charge >= 0.3 is 0 Å². The fourth-order valence-electron chi connectivity index (χ4n) is 3.07. The van der Waals surface area contributed by atoms with E-state index >= 15 is 0 Å². The second-order valence-electron chi connectivity index (χ2n) is 6.96. The molecule has 0 aliphatic heterocycles. The van der Waals surface area contributed by atoms with E-state index in [0.29, 0.717) is 27.7 Å². The molecule has 0 aliphatic carbocycles. The zero-order chi connectivity index (χ0) is 21.1. The molecule has 0 unspecified atom stereocenters. The van der Waals surface area contributed by atoms with E-state index in [2.05, 4.69) is 0 Å². The van der Waals surface area contributed by atoms with Crippen LogP contribution in [0.3, 0.4) is 0 Å². The minimum atomic E-state index is -3.68. The number of benzene rings is 2. The van der Waals surface area contributed by atoms with Crippen molar-refractivity contribution in [3.8, 4) is 17.2 Å². The molecule has 0 heterocycles. The molecule has 0 bridgehead atoms. The van der Waals surface area contributed by atoms with Crippen LogP contribution in [-0.2, 0) is 16.6 Å². The number of sulfonamides is 1. The molecule has 2 aromatic carbocycles. The molecule has 0 amide bonds. The van der Waals surface area contributed by atoms with E-state index in [1.165, 1.54) is 4.31 Å². The Labute approximate surface area is 168 Å². The first-order valence-electron chi connectivity index (χ1n) is 9.01. The summed E-state index contributed by atoms with van der Waals surface area (Å²) in [4.78, 5) is 0.292. The summed E-state index contributed by atoms with van der Waals surface area (Å²) in [5.74, 6) is 2.01. The minimum Gasteiger partial charge on any atom is -0.496 e. The Morgan fingerprint density at radius 3 is 2.07 bits per heavy atom. The summed E-state index contributed by atoms with van der Waals surface area (Å²) in [6, 6.07) is 8.88. The first-order valence-corrected chi connectivity index (χ1v) is 10.5. The Kier molecular flexibility index (Phi) is 6.96. The zero-order valence-corrected chi connectivity index (χ0v) is 18.4. The predicted molar refractivity (Wildman–Crippen MR) is 110 cm³/mol. The van der Waals surface area contributed by atoms with Crippen molar-refractivity contribution in [3.05, 3.63) is 47.0 Å². The van der Waals surface area contributed by atoms with Gasteiger partial charge in [-0.3, -0.25) is 0 Å². The van der Waals surface area contributed by atoms with Gasteiger partial charge in [0.1, 0.15) is 5.75 Å². The number of hydrogen-bond donors (Lipinski definition) is 0. The van der Waals surface area contributed by atoms with E-state index < -0.39 is 10.0 Å². The van der Waals surface area contributed by atoms with E-state index in [0.717, 1.165) is 11.1 Å². The maximum atomic E-state index is 13.2. The van der Waals surface area contributed by atoms with E-state index in [1.807, 2.05) is 19.9 Å². The highest BCUT2D eigenvalue weighted by Gasteiger charge is 2.25. The van der Waals surface area contributed by atoms with E-state index in [1.54, 1.807) is 59.6 Å². The molecule has 154 valence electrons. The average molecular weight is 408 g/mol. The number of methoxy groups -OCH3 is 3. The minimum absolute atomic E-state index is 0.139. The monoisotopic (exact) mass is 407 g/mol. The van der Waals surface area contributed by atoms with Crippen LogP contribution in [0.5, 0.6) is 17.2 Å². The lowest BCUT2D eigenvalue weighted by Gasteiger charge is -2.21. The first kappa shape index (κ1) is 22.0. The molecule has 0 aromatic heterocycles. The number of aryl methyl sites for hydroxylation is 1. The van der Waals surface area contributed by atoms with Gasteiger partial charge in [0.2, 0.25) is 10.0 Å². The molecule has 0 saturated heterocycles. The van der Waals surface area contributed by atoms with Crippen molar-refractivity contribution in [1.29, 1.82) is 0 Å². The van der Waals surface area contributed by atoms with Gasteiger partial charge in [-0.15, -0.1) is 0 Å². The Bertz CT molecular complexity index is 938.